The van der Waals surface area contributed by atoms with Crippen molar-refractivity contribution in [3.8, 4) is 66.8 Å². The molecular weight excluding hydrogens is 1440 g/mol. The minimum atomic E-state index is -0.162. The molecule has 0 radical (unpaired) electrons. The van der Waals surface area contributed by atoms with Crippen LogP contribution >= 0.6 is 0 Å². The zero-order chi connectivity index (χ0) is 82.8. The van der Waals surface area contributed by atoms with Gasteiger partial charge in [-0.3, -0.25) is 0 Å². The molecule has 0 aromatic heterocycles. The maximum Gasteiger partial charge on any atom is 0.127 e. The maximum atomic E-state index is 14.2. The predicted molar refractivity (Wildman–Crippen MR) is 512 cm³/mol. The molecule has 119 heavy (non-hydrogen) atoms. The summed E-state index contributed by atoms with van der Waals surface area (Å²) in [7, 11) is 0. The van der Waals surface area contributed by atoms with Crippen molar-refractivity contribution in [3.05, 3.63) is 505 Å². The Morgan fingerprint density at radius 3 is 1.05 bits per heavy atom. The molecule has 582 valence electrons. The first-order valence-electron chi connectivity index (χ1n) is 40.8. The van der Waals surface area contributed by atoms with Crippen LogP contribution in [0.5, 0.6) is 0 Å². The Balaban J connectivity index is 0.000000119. The second-order valence-electron chi connectivity index (χ2n) is 30.3. The number of fused-ring (bicyclic) bond motifs is 8. The molecule has 0 saturated heterocycles. The van der Waals surface area contributed by atoms with Gasteiger partial charge in [0.15, 0.2) is 0 Å². The lowest BCUT2D eigenvalue weighted by Crippen LogP contribution is -1.90. The number of rotatable bonds is 6. The predicted octanol–water partition coefficient (Wildman–Crippen LogP) is 33.5. The van der Waals surface area contributed by atoms with Crippen molar-refractivity contribution in [3.63, 3.8) is 0 Å². The summed E-state index contributed by atoms with van der Waals surface area (Å²) in [6.45, 7) is 18.5. The monoisotopic (exact) mass is 1540 g/mol. The molecule has 20 aromatic carbocycles. The van der Waals surface area contributed by atoms with E-state index in [2.05, 4.69) is 399 Å². The molecule has 0 atom stereocenters. The molecular formula is C117H100F2. The molecule has 0 fully saturated rings. The van der Waals surface area contributed by atoms with Gasteiger partial charge in [0, 0.05) is 0 Å². The third kappa shape index (κ3) is 22.1. The van der Waals surface area contributed by atoms with Crippen LogP contribution in [0, 0.1) is 73.9 Å². The lowest BCUT2D eigenvalue weighted by Gasteiger charge is -2.11. The van der Waals surface area contributed by atoms with Gasteiger partial charge in [0.25, 0.3) is 0 Å². The summed E-state index contributed by atoms with van der Waals surface area (Å²) in [6.07, 6.45) is 0. The van der Waals surface area contributed by atoms with Crippen molar-refractivity contribution in [2.24, 2.45) is 0 Å². The minimum Gasteiger partial charge on any atom is -0.207 e. The Morgan fingerprint density at radius 1 is 0.151 bits per heavy atom. The van der Waals surface area contributed by atoms with Gasteiger partial charge in [0.1, 0.15) is 11.6 Å². The highest BCUT2D eigenvalue weighted by Crippen LogP contribution is 2.36. The van der Waals surface area contributed by atoms with Crippen molar-refractivity contribution < 1.29 is 8.78 Å². The lowest BCUT2D eigenvalue weighted by atomic mass is 9.93. The number of halogens is 2. The Bertz CT molecular complexity index is 6510. The molecule has 0 nitrogen and oxygen atoms in total. The highest BCUT2D eigenvalue weighted by atomic mass is 19.1. The molecule has 0 aliphatic carbocycles. The smallest absolute Gasteiger partial charge is 0.127 e. The van der Waals surface area contributed by atoms with Crippen LogP contribution in [0.2, 0.25) is 0 Å². The Labute approximate surface area is 702 Å². The van der Waals surface area contributed by atoms with Crippen LogP contribution in [0.15, 0.2) is 443 Å². The van der Waals surface area contributed by atoms with E-state index in [1.165, 1.54) is 155 Å². The van der Waals surface area contributed by atoms with Gasteiger partial charge in [0.2, 0.25) is 0 Å². The molecule has 20 aromatic rings. The fourth-order valence-corrected chi connectivity index (χ4v) is 15.2. The van der Waals surface area contributed by atoms with Gasteiger partial charge in [-0.05, 0) is 263 Å². The summed E-state index contributed by atoms with van der Waals surface area (Å²) >= 11 is 0. The highest BCUT2D eigenvalue weighted by molar-refractivity contribution is 6.09. The van der Waals surface area contributed by atoms with Crippen molar-refractivity contribution in [1.29, 1.82) is 0 Å². The Kier molecular flexibility index (Phi) is 28.5. The molecule has 0 bridgehead atoms. The van der Waals surface area contributed by atoms with Crippen molar-refractivity contribution >= 4 is 64.6 Å². The summed E-state index contributed by atoms with van der Waals surface area (Å²) in [5, 5.41) is 16.0. The standard InChI is InChI=1S/C19H15F.2C19H16.2C15H12.2C11H10.C8H9F/c1-14-18(16-10-6-3-7-11-16)12-17(13-19(14)20)15-8-4-2-5-9-15;1-15-18(16-9-4-2-5-10-16)13-8-14-19(15)17-11-6-3-7-12-17;1-15-12-13-18(16-8-4-2-5-9-16)14-19(15)17-10-6-3-7-11-17;1-11-10-12-6-2-3-8-14(12)15-9-5-4-7-13(11)15;1-11-6-7-13-9-8-12-4-2-3-5-14(12)15(13)10-11;1-9-5-4-7-10-6-2-3-8-11(9)10;1-9-6-7-10-4-2-3-5-11(10)8-9;1-6-3-7(2)5-8(9)4-6/h2-13H,1H3;2*2-14H,1H3;2*2-10H,1H3;2*2-8H,1H3;3-5H,1-2H3. The van der Waals surface area contributed by atoms with E-state index in [-0.39, 0.29) is 11.6 Å². The van der Waals surface area contributed by atoms with E-state index in [1.807, 2.05) is 87.5 Å². The second kappa shape index (κ2) is 40.9. The lowest BCUT2D eigenvalue weighted by molar-refractivity contribution is 0.619. The van der Waals surface area contributed by atoms with Crippen LogP contribution in [0.25, 0.3) is 131 Å². The number of benzene rings is 20. The summed E-state index contributed by atoms with van der Waals surface area (Å²) in [4.78, 5) is 0. The number of hydrogen-bond donors (Lipinski definition) is 0. The average molecular weight is 1540 g/mol. The summed E-state index contributed by atoms with van der Waals surface area (Å²) < 4.78 is 26.6. The molecule has 0 spiro atoms. The van der Waals surface area contributed by atoms with Crippen LogP contribution < -0.4 is 0 Å². The average Bonchev–Trinajstić information content (AvgIpc) is 1.54. The van der Waals surface area contributed by atoms with Crippen molar-refractivity contribution in [2.75, 3.05) is 0 Å². The van der Waals surface area contributed by atoms with E-state index < -0.39 is 0 Å². The molecule has 0 aliphatic rings. The molecule has 0 heterocycles. The molecule has 0 aliphatic heterocycles. The molecule has 0 saturated carbocycles. The summed E-state index contributed by atoms with van der Waals surface area (Å²) in [5.74, 6) is -0.308. The normalized spacial score (nSPS) is 10.5. The topological polar surface area (TPSA) is 0 Å². The molecule has 0 amide bonds. The van der Waals surface area contributed by atoms with Gasteiger partial charge in [-0.2, -0.15) is 0 Å². The fraction of sp³-hybridized carbons (Fsp3) is 0.0769. The first-order valence-corrected chi connectivity index (χ1v) is 40.8. The summed E-state index contributed by atoms with van der Waals surface area (Å²) in [5.41, 5.74) is 24.8. The molecule has 0 N–H and O–H groups in total. The van der Waals surface area contributed by atoms with Crippen LogP contribution in [0.1, 0.15) is 50.1 Å². The first-order chi connectivity index (χ1) is 58.1. The van der Waals surface area contributed by atoms with E-state index in [0.29, 0.717) is 5.56 Å². The van der Waals surface area contributed by atoms with Crippen molar-refractivity contribution in [2.45, 2.75) is 62.3 Å². The summed E-state index contributed by atoms with van der Waals surface area (Å²) in [6, 6.07) is 153. The zero-order valence-corrected chi connectivity index (χ0v) is 69.4. The van der Waals surface area contributed by atoms with Crippen molar-refractivity contribution in [1.82, 2.24) is 0 Å². The molecule has 0 unspecified atom stereocenters. The zero-order valence-electron chi connectivity index (χ0n) is 69.4. The van der Waals surface area contributed by atoms with E-state index >= 15 is 0 Å². The van der Waals surface area contributed by atoms with Gasteiger partial charge in [-0.25, -0.2) is 8.78 Å². The fourth-order valence-electron chi connectivity index (χ4n) is 15.2. The molecule has 20 rings (SSSR count). The molecule has 2 heteroatoms. The first kappa shape index (κ1) is 82.8. The van der Waals surface area contributed by atoms with Gasteiger partial charge < -0.3 is 0 Å². The number of hydrogen-bond acceptors (Lipinski definition) is 0. The van der Waals surface area contributed by atoms with Gasteiger partial charge in [-0.1, -0.05) is 424 Å². The Morgan fingerprint density at radius 2 is 0.521 bits per heavy atom. The minimum absolute atomic E-state index is 0.146. The maximum absolute atomic E-state index is 14.2. The third-order valence-corrected chi connectivity index (χ3v) is 21.4. The van der Waals surface area contributed by atoms with E-state index in [9.17, 15) is 8.78 Å². The SMILES string of the molecule is Cc1c(-c2ccccc2)cccc1-c1ccccc1.Cc1c(F)cc(-c2ccccc2)cc1-c1ccccc1.Cc1cc(C)cc(F)c1.Cc1cc2ccccc2c2ccccc12.Cc1ccc(-c2ccccc2)cc1-c1ccccc1.Cc1ccc2ccc3ccccc3c2c1.Cc1ccc2ccccc2c1.Cc1cccc2ccccc12. The van der Waals surface area contributed by atoms with Crippen LogP contribution in [0.4, 0.5) is 8.78 Å². The number of aryl methyl sites for hydroxylation is 7. The second-order valence-corrected chi connectivity index (χ2v) is 30.3. The third-order valence-electron chi connectivity index (χ3n) is 21.4. The van der Waals surface area contributed by atoms with Crippen LogP contribution in [0.3, 0.4) is 0 Å². The van der Waals surface area contributed by atoms with Gasteiger partial charge in [0.05, 0.1) is 0 Å². The largest absolute Gasteiger partial charge is 0.207 e. The quantitative estimate of drug-likeness (QED) is 0.146. The van der Waals surface area contributed by atoms with Crippen LogP contribution in [-0.4, -0.2) is 0 Å². The van der Waals surface area contributed by atoms with E-state index in [4.69, 9.17) is 0 Å². The highest BCUT2D eigenvalue weighted by Gasteiger charge is 2.12. The van der Waals surface area contributed by atoms with E-state index in [0.717, 1.165) is 33.4 Å². The van der Waals surface area contributed by atoms with Gasteiger partial charge in [-0.15, -0.1) is 0 Å². The van der Waals surface area contributed by atoms with Gasteiger partial charge >= 0.3 is 0 Å². The Hall–Kier alpha value is -14.2. The van der Waals surface area contributed by atoms with E-state index in [1.54, 1.807) is 6.07 Å². The van der Waals surface area contributed by atoms with Crippen LogP contribution in [-0.2, 0) is 0 Å².